The van der Waals surface area contributed by atoms with Crippen molar-refractivity contribution in [1.29, 1.82) is 0 Å². The second-order valence-corrected chi connectivity index (χ2v) is 8.88. The van der Waals surface area contributed by atoms with Crippen LogP contribution in [-0.4, -0.2) is 33.8 Å². The average molecular weight is 555 g/mol. The van der Waals surface area contributed by atoms with Gasteiger partial charge >= 0.3 is 5.97 Å². The van der Waals surface area contributed by atoms with E-state index in [4.69, 9.17) is 28.3 Å². The first-order valence-corrected chi connectivity index (χ1v) is 11.7. The number of hydrogen-bond acceptors (Lipinski definition) is 5. The van der Waals surface area contributed by atoms with Gasteiger partial charge in [0.25, 0.3) is 11.7 Å². The second kappa shape index (κ2) is 10.9. The van der Waals surface area contributed by atoms with Gasteiger partial charge in [0.15, 0.2) is 5.82 Å². The van der Waals surface area contributed by atoms with Crippen molar-refractivity contribution in [2.45, 2.75) is 6.04 Å². The van der Waals surface area contributed by atoms with E-state index in [1.807, 2.05) is 0 Å². The number of ketones is 1. The zero-order valence-electron chi connectivity index (χ0n) is 19.2. The highest BCUT2D eigenvalue weighted by atomic mass is 35.5. The van der Waals surface area contributed by atoms with Crippen LogP contribution in [0, 0.1) is 5.82 Å². The molecule has 1 saturated heterocycles. The molecule has 3 aromatic carbocycles. The number of nitrogens with zero attached hydrogens (tertiary/aromatic N) is 1. The van der Waals surface area contributed by atoms with E-state index in [9.17, 15) is 24.3 Å². The lowest BCUT2D eigenvalue weighted by atomic mass is 9.95. The van der Waals surface area contributed by atoms with Gasteiger partial charge in [-0.25, -0.2) is 9.18 Å². The number of rotatable bonds is 6. The number of halogens is 3. The van der Waals surface area contributed by atoms with E-state index in [-0.39, 0.29) is 27.5 Å². The molecule has 0 aliphatic carbocycles. The zero-order chi connectivity index (χ0) is 27.6. The third-order valence-electron chi connectivity index (χ3n) is 5.60. The maximum absolute atomic E-state index is 15.0. The van der Waals surface area contributed by atoms with Crippen LogP contribution in [0.25, 0.3) is 5.76 Å². The summed E-state index contributed by atoms with van der Waals surface area (Å²) in [6, 6.07) is 14.6. The van der Waals surface area contributed by atoms with E-state index < -0.39 is 41.2 Å². The van der Waals surface area contributed by atoms with Crippen LogP contribution >= 0.6 is 23.2 Å². The van der Waals surface area contributed by atoms with Gasteiger partial charge in [-0.2, -0.15) is 0 Å². The molecule has 0 bridgehead atoms. The summed E-state index contributed by atoms with van der Waals surface area (Å²) in [4.78, 5) is 49.9. The molecule has 0 aromatic heterocycles. The maximum Gasteiger partial charge on any atom is 0.328 e. The van der Waals surface area contributed by atoms with E-state index in [2.05, 4.69) is 5.32 Å². The first kappa shape index (κ1) is 26.6. The Morgan fingerprint density at radius 1 is 0.947 bits per heavy atom. The molecule has 2 amide bonds. The molecule has 0 spiro atoms. The number of nitrogens with one attached hydrogen (secondary N) is 1. The molecule has 8 nitrogen and oxygen atoms in total. The summed E-state index contributed by atoms with van der Waals surface area (Å²) in [5.41, 5.74) is 0.00867. The molecule has 1 aliphatic heterocycles. The summed E-state index contributed by atoms with van der Waals surface area (Å²) in [5, 5.41) is 22.5. The predicted molar refractivity (Wildman–Crippen MR) is 139 cm³/mol. The molecule has 0 saturated carbocycles. The first-order valence-electron chi connectivity index (χ1n) is 10.9. The molecule has 1 heterocycles. The highest BCUT2D eigenvalue weighted by Crippen LogP contribution is 2.44. The van der Waals surface area contributed by atoms with Crippen LogP contribution in [0.15, 0.2) is 84.5 Å². The molecule has 38 heavy (non-hydrogen) atoms. The Balaban J connectivity index is 1.85. The number of carboxylic acids is 1. The van der Waals surface area contributed by atoms with Crippen molar-refractivity contribution in [3.05, 3.63) is 111 Å². The Morgan fingerprint density at radius 2 is 1.63 bits per heavy atom. The zero-order valence-corrected chi connectivity index (χ0v) is 20.7. The summed E-state index contributed by atoms with van der Waals surface area (Å²) in [5.74, 6) is -5.71. The van der Waals surface area contributed by atoms with Crippen LogP contribution in [0.3, 0.4) is 0 Å². The third-order valence-corrected chi connectivity index (χ3v) is 6.15. The summed E-state index contributed by atoms with van der Waals surface area (Å²) in [7, 11) is 0. The molecular weight excluding hydrogens is 538 g/mol. The first-order chi connectivity index (χ1) is 18.1. The molecule has 1 unspecified atom stereocenters. The van der Waals surface area contributed by atoms with Crippen LogP contribution in [0.5, 0.6) is 0 Å². The monoisotopic (exact) mass is 554 g/mol. The number of Topliss-reactive ketones (excluding diaryl/α,β-unsaturated/α-hetero) is 1. The highest BCUT2D eigenvalue weighted by Gasteiger charge is 2.47. The molecule has 192 valence electrons. The van der Waals surface area contributed by atoms with Crippen LogP contribution in [-0.2, 0) is 19.2 Å². The van der Waals surface area contributed by atoms with Gasteiger partial charge in [-0.1, -0.05) is 53.5 Å². The van der Waals surface area contributed by atoms with Crippen molar-refractivity contribution in [3.8, 4) is 0 Å². The fourth-order valence-electron chi connectivity index (χ4n) is 3.95. The quantitative estimate of drug-likeness (QED) is 0.214. The summed E-state index contributed by atoms with van der Waals surface area (Å²) in [6.45, 7) is 0. The molecular formula is C27H17Cl2FN2O6. The number of carbonyl (C=O) groups excluding carboxylic acids is 3. The standard InChI is InChI=1S/C27H17Cl2FN2O6/c28-16-9-7-14(8-10-16)24-22(26(37)27(38)32(24)19-6-2-5-18(29)23(19)30)25(36)15-3-1-4-17(13-15)31-20(33)11-12-21(34)35/h1-13,24,36H,(H,31,33)(H,34,35). The smallest absolute Gasteiger partial charge is 0.328 e. The molecule has 3 N–H and O–H groups in total. The van der Waals surface area contributed by atoms with Crippen molar-refractivity contribution < 1.29 is 33.8 Å². The van der Waals surface area contributed by atoms with Gasteiger partial charge < -0.3 is 15.5 Å². The second-order valence-electron chi connectivity index (χ2n) is 8.04. The molecule has 3 aromatic rings. The summed E-state index contributed by atoms with van der Waals surface area (Å²) >= 11 is 11.9. The Hall–Kier alpha value is -4.47. The number of carboxylic acid groups (broad SMARTS) is 1. The molecule has 1 aliphatic rings. The summed E-state index contributed by atoms with van der Waals surface area (Å²) in [6.07, 6.45) is 1.46. The number of anilines is 2. The molecule has 1 atom stereocenters. The van der Waals surface area contributed by atoms with E-state index in [1.54, 1.807) is 0 Å². The van der Waals surface area contributed by atoms with Gasteiger partial charge in [-0.3, -0.25) is 19.3 Å². The molecule has 4 rings (SSSR count). The largest absolute Gasteiger partial charge is 0.507 e. The lowest BCUT2D eigenvalue weighted by molar-refractivity contribution is -0.132. The Labute approximate surface area is 225 Å². The van der Waals surface area contributed by atoms with Crippen LogP contribution in [0.4, 0.5) is 15.8 Å². The average Bonchev–Trinajstić information content (AvgIpc) is 3.14. The van der Waals surface area contributed by atoms with E-state index in [1.165, 1.54) is 66.7 Å². The van der Waals surface area contributed by atoms with Gasteiger partial charge in [0.05, 0.1) is 22.3 Å². The fraction of sp³-hybridized carbons (Fsp3) is 0.0370. The number of amides is 2. The summed E-state index contributed by atoms with van der Waals surface area (Å²) < 4.78 is 15.0. The number of aliphatic carboxylic acids is 1. The Kier molecular flexibility index (Phi) is 7.61. The minimum Gasteiger partial charge on any atom is -0.507 e. The van der Waals surface area contributed by atoms with Crippen molar-refractivity contribution in [2.75, 3.05) is 10.2 Å². The molecule has 0 radical (unpaired) electrons. The highest BCUT2D eigenvalue weighted by molar-refractivity contribution is 6.52. The number of carbonyl (C=O) groups is 4. The van der Waals surface area contributed by atoms with Crippen molar-refractivity contribution in [2.24, 2.45) is 0 Å². The van der Waals surface area contributed by atoms with Gasteiger partial charge in [-0.05, 0) is 42.0 Å². The van der Waals surface area contributed by atoms with E-state index >= 15 is 4.39 Å². The molecule has 1 fully saturated rings. The fourth-order valence-corrected chi connectivity index (χ4v) is 4.25. The van der Waals surface area contributed by atoms with Crippen LogP contribution in [0.1, 0.15) is 17.2 Å². The Morgan fingerprint density at radius 3 is 2.32 bits per heavy atom. The number of benzene rings is 3. The Bertz CT molecular complexity index is 1530. The predicted octanol–water partition coefficient (Wildman–Crippen LogP) is 5.34. The third kappa shape index (κ3) is 5.29. The van der Waals surface area contributed by atoms with Crippen molar-refractivity contribution >= 4 is 63.9 Å². The van der Waals surface area contributed by atoms with Crippen molar-refractivity contribution in [3.63, 3.8) is 0 Å². The van der Waals surface area contributed by atoms with Crippen LogP contribution < -0.4 is 10.2 Å². The van der Waals surface area contributed by atoms with E-state index in [0.29, 0.717) is 16.7 Å². The SMILES string of the molecule is O=C(O)C=CC(=O)Nc1cccc(C(O)=C2C(=O)C(=O)N(c3cccc(Cl)c3F)C2c2ccc(Cl)cc2)c1. The topological polar surface area (TPSA) is 124 Å². The number of hydrogen-bond donors (Lipinski definition) is 3. The number of aliphatic hydroxyl groups excluding tert-OH is 1. The minimum absolute atomic E-state index is 0.0635. The van der Waals surface area contributed by atoms with Gasteiger partial charge in [0.2, 0.25) is 5.91 Å². The van der Waals surface area contributed by atoms with Gasteiger partial charge in [0.1, 0.15) is 5.76 Å². The lowest BCUT2D eigenvalue weighted by Crippen LogP contribution is -2.30. The van der Waals surface area contributed by atoms with E-state index in [0.717, 1.165) is 11.0 Å². The van der Waals surface area contributed by atoms with Crippen LogP contribution in [0.2, 0.25) is 10.0 Å². The number of aliphatic hydroxyl groups is 1. The van der Waals surface area contributed by atoms with Crippen molar-refractivity contribution in [1.82, 2.24) is 0 Å². The van der Waals surface area contributed by atoms with Gasteiger partial charge in [0, 0.05) is 28.4 Å². The maximum atomic E-state index is 15.0. The lowest BCUT2D eigenvalue weighted by Gasteiger charge is -2.26. The molecule has 11 heteroatoms. The van der Waals surface area contributed by atoms with Gasteiger partial charge in [-0.15, -0.1) is 0 Å². The minimum atomic E-state index is -1.31. The normalized spacial score (nSPS) is 16.7.